The number of nitrogens with zero attached hydrogens (tertiary/aromatic N) is 1. The van der Waals surface area contributed by atoms with Gasteiger partial charge >= 0.3 is 6.18 Å². The number of sulfone groups is 1. The Labute approximate surface area is 109 Å². The first-order chi connectivity index (χ1) is 8.62. The zero-order chi connectivity index (χ0) is 14.7. The van der Waals surface area contributed by atoms with E-state index in [2.05, 4.69) is 15.6 Å². The number of pyridine rings is 1. The van der Waals surface area contributed by atoms with Crippen LogP contribution in [0.2, 0.25) is 0 Å². The van der Waals surface area contributed by atoms with Crippen molar-refractivity contribution in [2.75, 3.05) is 36.2 Å². The minimum atomic E-state index is -4.48. The Morgan fingerprint density at radius 1 is 1.26 bits per heavy atom. The van der Waals surface area contributed by atoms with Gasteiger partial charge in [-0.25, -0.2) is 13.4 Å². The first-order valence-corrected chi connectivity index (χ1v) is 7.36. The molecule has 0 fully saturated rings. The third-order valence-corrected chi connectivity index (χ3v) is 3.13. The first-order valence-electron chi connectivity index (χ1n) is 5.30. The minimum Gasteiger partial charge on any atom is -0.373 e. The van der Waals surface area contributed by atoms with Gasteiger partial charge in [-0.3, -0.25) is 0 Å². The molecule has 0 atom stereocenters. The SMILES string of the molecule is CNc1cc(C(F)(F)F)cc(NCCS(C)(=O)=O)n1. The van der Waals surface area contributed by atoms with E-state index in [9.17, 15) is 21.6 Å². The molecular formula is C10H14F3N3O2S. The van der Waals surface area contributed by atoms with Gasteiger partial charge in [0.15, 0.2) is 0 Å². The van der Waals surface area contributed by atoms with Gasteiger partial charge in [0.05, 0.1) is 11.3 Å². The van der Waals surface area contributed by atoms with Crippen molar-refractivity contribution in [3.8, 4) is 0 Å². The van der Waals surface area contributed by atoms with Crippen molar-refractivity contribution in [2.45, 2.75) is 6.18 Å². The lowest BCUT2D eigenvalue weighted by Crippen LogP contribution is -2.16. The van der Waals surface area contributed by atoms with Crippen LogP contribution in [0.3, 0.4) is 0 Å². The van der Waals surface area contributed by atoms with Gasteiger partial charge in [-0.05, 0) is 12.1 Å². The fraction of sp³-hybridized carbons (Fsp3) is 0.500. The molecule has 0 unspecified atom stereocenters. The number of rotatable bonds is 5. The van der Waals surface area contributed by atoms with Crippen molar-refractivity contribution in [3.63, 3.8) is 0 Å². The van der Waals surface area contributed by atoms with Gasteiger partial charge in [0, 0.05) is 19.8 Å². The van der Waals surface area contributed by atoms with E-state index in [1.54, 1.807) is 0 Å². The molecule has 1 rings (SSSR count). The summed E-state index contributed by atoms with van der Waals surface area (Å²) in [6, 6.07) is 1.71. The molecule has 1 aromatic rings. The van der Waals surface area contributed by atoms with Gasteiger partial charge in [0.2, 0.25) is 0 Å². The van der Waals surface area contributed by atoms with E-state index >= 15 is 0 Å². The van der Waals surface area contributed by atoms with Gasteiger partial charge in [0.1, 0.15) is 21.5 Å². The molecule has 0 aliphatic heterocycles. The molecule has 0 amide bonds. The van der Waals surface area contributed by atoms with Crippen LogP contribution in [0.5, 0.6) is 0 Å². The van der Waals surface area contributed by atoms with Crippen molar-refractivity contribution < 1.29 is 21.6 Å². The number of nitrogens with one attached hydrogen (secondary N) is 2. The van der Waals surface area contributed by atoms with Crippen molar-refractivity contribution in [1.29, 1.82) is 0 Å². The Bertz CT molecular complexity index is 543. The van der Waals surface area contributed by atoms with Crippen LogP contribution in [-0.2, 0) is 16.0 Å². The molecular weight excluding hydrogens is 283 g/mol. The molecule has 0 radical (unpaired) electrons. The largest absolute Gasteiger partial charge is 0.416 e. The van der Waals surface area contributed by atoms with Crippen LogP contribution in [0.25, 0.3) is 0 Å². The lowest BCUT2D eigenvalue weighted by Gasteiger charge is -2.12. The Morgan fingerprint density at radius 2 is 1.84 bits per heavy atom. The number of aromatic nitrogens is 1. The highest BCUT2D eigenvalue weighted by Gasteiger charge is 2.31. The van der Waals surface area contributed by atoms with Crippen molar-refractivity contribution in [3.05, 3.63) is 17.7 Å². The second kappa shape index (κ2) is 5.64. The van der Waals surface area contributed by atoms with E-state index in [1.165, 1.54) is 7.05 Å². The fourth-order valence-corrected chi connectivity index (χ4v) is 1.75. The topological polar surface area (TPSA) is 71.1 Å². The Hall–Kier alpha value is -1.51. The summed E-state index contributed by atoms with van der Waals surface area (Å²) >= 11 is 0. The molecule has 0 aliphatic carbocycles. The molecule has 0 aromatic carbocycles. The third kappa shape index (κ3) is 5.33. The van der Waals surface area contributed by atoms with E-state index in [4.69, 9.17) is 0 Å². The lowest BCUT2D eigenvalue weighted by molar-refractivity contribution is -0.137. The molecule has 108 valence electrons. The van der Waals surface area contributed by atoms with Crippen LogP contribution in [-0.4, -0.2) is 39.0 Å². The van der Waals surface area contributed by atoms with Crippen molar-refractivity contribution in [2.24, 2.45) is 0 Å². The average Bonchev–Trinajstić information content (AvgIpc) is 2.25. The van der Waals surface area contributed by atoms with Gasteiger partial charge in [-0.2, -0.15) is 13.2 Å². The second-order valence-corrected chi connectivity index (χ2v) is 6.19. The Morgan fingerprint density at radius 3 is 2.32 bits per heavy atom. The molecule has 0 spiro atoms. The molecule has 9 heteroatoms. The predicted octanol–water partition coefficient (Wildman–Crippen LogP) is 1.60. The van der Waals surface area contributed by atoms with E-state index in [0.717, 1.165) is 18.4 Å². The highest BCUT2D eigenvalue weighted by molar-refractivity contribution is 7.90. The normalized spacial score (nSPS) is 12.3. The van der Waals surface area contributed by atoms with Crippen LogP contribution in [0.1, 0.15) is 5.56 Å². The van der Waals surface area contributed by atoms with Crippen LogP contribution in [0, 0.1) is 0 Å². The number of alkyl halides is 3. The zero-order valence-electron chi connectivity index (χ0n) is 10.4. The maximum atomic E-state index is 12.6. The maximum Gasteiger partial charge on any atom is 0.416 e. The van der Waals surface area contributed by atoms with Gasteiger partial charge in [0.25, 0.3) is 0 Å². The van der Waals surface area contributed by atoms with Crippen LogP contribution < -0.4 is 10.6 Å². The number of hydrogen-bond acceptors (Lipinski definition) is 5. The molecule has 1 heterocycles. The number of hydrogen-bond donors (Lipinski definition) is 2. The molecule has 0 saturated carbocycles. The van der Waals surface area contributed by atoms with E-state index in [0.29, 0.717) is 0 Å². The van der Waals surface area contributed by atoms with E-state index in [1.807, 2.05) is 0 Å². The summed E-state index contributed by atoms with van der Waals surface area (Å²) < 4.78 is 59.7. The lowest BCUT2D eigenvalue weighted by atomic mass is 10.2. The molecule has 0 aliphatic rings. The predicted molar refractivity (Wildman–Crippen MR) is 67.0 cm³/mol. The summed E-state index contributed by atoms with van der Waals surface area (Å²) in [6.45, 7) is -0.00367. The molecule has 5 nitrogen and oxygen atoms in total. The second-order valence-electron chi connectivity index (χ2n) is 3.93. The molecule has 0 bridgehead atoms. The standard InChI is InChI=1S/C10H14F3N3O2S/c1-14-8-5-7(10(11,12)13)6-9(16-8)15-3-4-19(2,17)18/h5-6H,3-4H2,1-2H3,(H2,14,15,16). The Balaban J connectivity index is 2.89. The zero-order valence-corrected chi connectivity index (χ0v) is 11.2. The smallest absolute Gasteiger partial charge is 0.373 e. The van der Waals surface area contributed by atoms with Gasteiger partial charge in [-0.15, -0.1) is 0 Å². The van der Waals surface area contributed by atoms with Crippen LogP contribution >= 0.6 is 0 Å². The van der Waals surface area contributed by atoms with Crippen molar-refractivity contribution >= 4 is 21.5 Å². The number of halogens is 3. The maximum absolute atomic E-state index is 12.6. The van der Waals surface area contributed by atoms with Crippen LogP contribution in [0.15, 0.2) is 12.1 Å². The van der Waals surface area contributed by atoms with Crippen LogP contribution in [0.4, 0.5) is 24.8 Å². The third-order valence-electron chi connectivity index (χ3n) is 2.19. The molecule has 19 heavy (non-hydrogen) atoms. The van der Waals surface area contributed by atoms with Gasteiger partial charge < -0.3 is 10.6 Å². The summed E-state index contributed by atoms with van der Waals surface area (Å²) in [4.78, 5) is 3.87. The summed E-state index contributed by atoms with van der Waals surface area (Å²) in [5, 5.41) is 5.08. The first kappa shape index (κ1) is 15.5. The summed E-state index contributed by atoms with van der Waals surface area (Å²) in [5.41, 5.74) is -0.853. The van der Waals surface area contributed by atoms with Gasteiger partial charge in [-0.1, -0.05) is 0 Å². The Kier molecular flexibility index (Phi) is 4.61. The summed E-state index contributed by atoms with van der Waals surface area (Å²) in [6.07, 6.45) is -3.44. The minimum absolute atomic E-state index is 0.00367. The monoisotopic (exact) mass is 297 g/mol. The summed E-state index contributed by atoms with van der Waals surface area (Å²) in [5.74, 6) is -0.153. The number of anilines is 2. The fourth-order valence-electron chi connectivity index (χ4n) is 1.28. The molecule has 2 N–H and O–H groups in total. The van der Waals surface area contributed by atoms with E-state index < -0.39 is 21.6 Å². The highest BCUT2D eigenvalue weighted by Crippen LogP contribution is 2.31. The summed E-state index contributed by atoms with van der Waals surface area (Å²) in [7, 11) is -1.73. The quantitative estimate of drug-likeness (QED) is 0.864. The van der Waals surface area contributed by atoms with Crippen molar-refractivity contribution in [1.82, 2.24) is 4.98 Å². The molecule has 1 aromatic heterocycles. The highest BCUT2D eigenvalue weighted by atomic mass is 32.2. The van der Waals surface area contributed by atoms with E-state index in [-0.39, 0.29) is 23.9 Å². The molecule has 0 saturated heterocycles. The average molecular weight is 297 g/mol.